The molecule has 0 aromatic heterocycles. The minimum atomic E-state index is -1.88. The van der Waals surface area contributed by atoms with Crippen molar-refractivity contribution in [2.45, 2.75) is 26.2 Å². The number of hydrogen-bond donors (Lipinski definition) is 1. The Kier molecular flexibility index (Phi) is 5.12. The number of carbonyl (C=O) groups excluding carboxylic acids is 1. The third-order valence-electron chi connectivity index (χ3n) is 1.47. The van der Waals surface area contributed by atoms with E-state index < -0.39 is 11.9 Å². The Labute approximate surface area is 83.8 Å². The molecule has 0 aliphatic rings. The van der Waals surface area contributed by atoms with E-state index in [-0.39, 0.29) is 18.6 Å². The molecule has 0 bridgehead atoms. The molecule has 14 heavy (non-hydrogen) atoms. The lowest BCUT2D eigenvalue weighted by molar-refractivity contribution is -0.337. The Morgan fingerprint density at radius 3 is 2.57 bits per heavy atom. The average molecular weight is 200 g/mol. The summed E-state index contributed by atoms with van der Waals surface area (Å²) in [5.41, 5.74) is 0.207. The molecule has 0 aromatic carbocycles. The van der Waals surface area contributed by atoms with Crippen LogP contribution < -0.4 is 0 Å². The number of ether oxygens (including phenoxy) is 2. The topological polar surface area (TPSA) is 55.8 Å². The van der Waals surface area contributed by atoms with Crippen LogP contribution in [0.15, 0.2) is 24.8 Å². The van der Waals surface area contributed by atoms with Crippen LogP contribution in [0.3, 0.4) is 0 Å². The van der Waals surface area contributed by atoms with Gasteiger partial charge in [-0.25, -0.2) is 4.79 Å². The molecule has 0 fully saturated rings. The van der Waals surface area contributed by atoms with Gasteiger partial charge in [0.2, 0.25) is 0 Å². The van der Waals surface area contributed by atoms with Crippen LogP contribution in [-0.2, 0) is 14.3 Å². The summed E-state index contributed by atoms with van der Waals surface area (Å²) in [5.74, 6) is -2.57. The summed E-state index contributed by atoms with van der Waals surface area (Å²) in [5, 5.41) is 9.62. The molecular weight excluding hydrogens is 184 g/mol. The highest BCUT2D eigenvalue weighted by Crippen LogP contribution is 2.15. The zero-order valence-electron chi connectivity index (χ0n) is 8.58. The van der Waals surface area contributed by atoms with Gasteiger partial charge in [0.05, 0.1) is 6.61 Å². The Morgan fingerprint density at radius 1 is 1.64 bits per heavy atom. The van der Waals surface area contributed by atoms with Crippen LogP contribution in [0, 0.1) is 0 Å². The molecule has 0 spiro atoms. The summed E-state index contributed by atoms with van der Waals surface area (Å²) in [4.78, 5) is 11.1. The normalized spacial score (nSPS) is 14.2. The predicted molar refractivity (Wildman–Crippen MR) is 52.3 cm³/mol. The number of rotatable bonds is 6. The summed E-state index contributed by atoms with van der Waals surface area (Å²) < 4.78 is 9.60. The van der Waals surface area contributed by atoms with Crippen molar-refractivity contribution in [3.8, 4) is 0 Å². The predicted octanol–water partition coefficient (Wildman–Crippen LogP) is 1.36. The van der Waals surface area contributed by atoms with Crippen molar-refractivity contribution in [1.82, 2.24) is 0 Å². The largest absolute Gasteiger partial charge is 0.405 e. The highest BCUT2D eigenvalue weighted by atomic mass is 16.8. The van der Waals surface area contributed by atoms with Crippen molar-refractivity contribution in [1.29, 1.82) is 0 Å². The monoisotopic (exact) mass is 200 g/mol. The van der Waals surface area contributed by atoms with Gasteiger partial charge in [0, 0.05) is 12.0 Å². The molecule has 0 saturated heterocycles. The van der Waals surface area contributed by atoms with Crippen molar-refractivity contribution in [2.24, 2.45) is 0 Å². The average Bonchev–Trinajstić information content (AvgIpc) is 2.14. The van der Waals surface area contributed by atoms with E-state index in [1.54, 1.807) is 6.92 Å². The van der Waals surface area contributed by atoms with Gasteiger partial charge in [-0.1, -0.05) is 19.6 Å². The van der Waals surface area contributed by atoms with Crippen LogP contribution in [-0.4, -0.2) is 23.7 Å². The first-order chi connectivity index (χ1) is 6.45. The van der Waals surface area contributed by atoms with Crippen LogP contribution in [0.5, 0.6) is 0 Å². The van der Waals surface area contributed by atoms with Gasteiger partial charge in [0.15, 0.2) is 0 Å². The van der Waals surface area contributed by atoms with Crippen molar-refractivity contribution in [3.05, 3.63) is 24.8 Å². The van der Waals surface area contributed by atoms with Gasteiger partial charge in [0.1, 0.15) is 0 Å². The van der Waals surface area contributed by atoms with E-state index in [0.29, 0.717) is 0 Å². The molecule has 1 unspecified atom stereocenters. The van der Waals surface area contributed by atoms with E-state index in [4.69, 9.17) is 9.47 Å². The molecule has 0 saturated carbocycles. The molecule has 0 aliphatic heterocycles. The molecule has 0 rings (SSSR count). The molecule has 1 atom stereocenters. The Hall–Kier alpha value is -1.13. The van der Waals surface area contributed by atoms with Crippen molar-refractivity contribution < 1.29 is 19.4 Å². The fraction of sp³-hybridized carbons (Fsp3) is 0.500. The second kappa shape index (κ2) is 5.57. The SMILES string of the molecule is C=CCOC(O)(CC)OC(=O)C(=C)C. The van der Waals surface area contributed by atoms with E-state index in [2.05, 4.69) is 13.2 Å². The fourth-order valence-electron chi connectivity index (χ4n) is 0.625. The summed E-state index contributed by atoms with van der Waals surface area (Å²) in [7, 11) is 0. The molecule has 0 radical (unpaired) electrons. The first kappa shape index (κ1) is 12.9. The van der Waals surface area contributed by atoms with Crippen molar-refractivity contribution in [3.63, 3.8) is 0 Å². The van der Waals surface area contributed by atoms with Gasteiger partial charge >= 0.3 is 11.9 Å². The third-order valence-corrected chi connectivity index (χ3v) is 1.47. The molecule has 0 heterocycles. The van der Waals surface area contributed by atoms with E-state index in [0.717, 1.165) is 0 Å². The highest BCUT2D eigenvalue weighted by molar-refractivity contribution is 5.87. The zero-order chi connectivity index (χ0) is 11.2. The maximum Gasteiger partial charge on any atom is 0.337 e. The van der Waals surface area contributed by atoms with Gasteiger partial charge in [0.25, 0.3) is 0 Å². The molecule has 4 nitrogen and oxygen atoms in total. The summed E-state index contributed by atoms with van der Waals surface area (Å²) >= 11 is 0. The van der Waals surface area contributed by atoms with Crippen LogP contribution in [0.25, 0.3) is 0 Å². The number of esters is 1. The van der Waals surface area contributed by atoms with Crippen molar-refractivity contribution >= 4 is 5.97 Å². The van der Waals surface area contributed by atoms with E-state index in [1.165, 1.54) is 13.0 Å². The first-order valence-electron chi connectivity index (χ1n) is 4.31. The maximum absolute atomic E-state index is 11.1. The summed E-state index contributed by atoms with van der Waals surface area (Å²) in [6, 6.07) is 0. The quantitative estimate of drug-likeness (QED) is 0.304. The van der Waals surface area contributed by atoms with Crippen LogP contribution in [0.1, 0.15) is 20.3 Å². The standard InChI is InChI=1S/C10H16O4/c1-5-7-13-10(12,6-2)14-9(11)8(3)4/h5,12H,1,3,6-7H2,2,4H3. The lowest BCUT2D eigenvalue weighted by atomic mass is 10.3. The van der Waals surface area contributed by atoms with Gasteiger partial charge in [-0.05, 0) is 6.92 Å². The van der Waals surface area contributed by atoms with Crippen LogP contribution >= 0.6 is 0 Å². The second-order valence-corrected chi connectivity index (χ2v) is 2.84. The third kappa shape index (κ3) is 4.20. The van der Waals surface area contributed by atoms with Gasteiger partial charge in [-0.2, -0.15) is 0 Å². The Morgan fingerprint density at radius 2 is 2.21 bits per heavy atom. The van der Waals surface area contributed by atoms with Crippen LogP contribution in [0.4, 0.5) is 0 Å². The molecule has 80 valence electrons. The number of hydrogen-bond acceptors (Lipinski definition) is 4. The Balaban J connectivity index is 4.30. The molecular formula is C10H16O4. The second-order valence-electron chi connectivity index (χ2n) is 2.84. The smallest absolute Gasteiger partial charge is 0.337 e. The lowest BCUT2D eigenvalue weighted by Crippen LogP contribution is -2.37. The zero-order valence-corrected chi connectivity index (χ0v) is 8.58. The molecule has 0 amide bonds. The van der Waals surface area contributed by atoms with Crippen molar-refractivity contribution in [2.75, 3.05) is 6.61 Å². The molecule has 4 heteroatoms. The molecule has 1 N–H and O–H groups in total. The maximum atomic E-state index is 11.1. The van der Waals surface area contributed by atoms with E-state index >= 15 is 0 Å². The molecule has 0 aliphatic carbocycles. The summed E-state index contributed by atoms with van der Waals surface area (Å²) in [6.45, 7) is 10.0. The van der Waals surface area contributed by atoms with Gasteiger partial charge < -0.3 is 14.6 Å². The highest BCUT2D eigenvalue weighted by Gasteiger charge is 2.30. The summed E-state index contributed by atoms with van der Waals surface area (Å²) in [6.07, 6.45) is 1.59. The first-order valence-corrected chi connectivity index (χ1v) is 4.31. The Bertz CT molecular complexity index is 234. The minimum absolute atomic E-state index is 0.105. The van der Waals surface area contributed by atoms with Gasteiger partial charge in [-0.15, -0.1) is 6.58 Å². The van der Waals surface area contributed by atoms with E-state index in [9.17, 15) is 9.90 Å². The van der Waals surface area contributed by atoms with E-state index in [1.807, 2.05) is 0 Å². The number of carbonyl (C=O) groups is 1. The molecule has 0 aromatic rings. The number of aliphatic hydroxyl groups is 1. The fourth-order valence-corrected chi connectivity index (χ4v) is 0.625. The lowest BCUT2D eigenvalue weighted by Gasteiger charge is -2.25. The minimum Gasteiger partial charge on any atom is -0.405 e. The van der Waals surface area contributed by atoms with Crippen LogP contribution in [0.2, 0.25) is 0 Å². The van der Waals surface area contributed by atoms with Gasteiger partial charge in [-0.3, -0.25) is 0 Å².